The van der Waals surface area contributed by atoms with E-state index in [2.05, 4.69) is 4.98 Å². The van der Waals surface area contributed by atoms with E-state index in [4.69, 9.17) is 31.5 Å². The van der Waals surface area contributed by atoms with Gasteiger partial charge < -0.3 is 21.3 Å². The van der Waals surface area contributed by atoms with Crippen molar-refractivity contribution in [2.45, 2.75) is 30.3 Å². The predicted octanol–water partition coefficient (Wildman–Crippen LogP) is 1.63. The Labute approximate surface area is 193 Å². The molecule has 1 aromatic heterocycles. The van der Waals surface area contributed by atoms with Crippen LogP contribution in [0, 0.1) is 16.7 Å². The van der Waals surface area contributed by atoms with Crippen LogP contribution in [-0.2, 0) is 14.8 Å². The molecule has 15 heteroatoms. The molecule has 34 heavy (non-hydrogen) atoms. The maximum atomic E-state index is 12.8. The largest absolute Gasteiger partial charge is 0.490 e. The lowest BCUT2D eigenvalue weighted by atomic mass is 9.92. The van der Waals surface area contributed by atoms with E-state index in [1.165, 1.54) is 22.6 Å². The fourth-order valence-electron chi connectivity index (χ4n) is 3.57. The topological polar surface area (TPSA) is 173 Å². The molecule has 0 radical (unpaired) electrons. The van der Waals surface area contributed by atoms with Crippen molar-refractivity contribution < 1.29 is 40.6 Å². The summed E-state index contributed by atoms with van der Waals surface area (Å²) in [7, 11) is -3.64. The third-order valence-corrected chi connectivity index (χ3v) is 7.58. The van der Waals surface area contributed by atoms with Gasteiger partial charge in [0.25, 0.3) is 0 Å². The van der Waals surface area contributed by atoms with Gasteiger partial charge in [-0.15, -0.1) is 0 Å². The number of nitrogens with zero attached hydrogens (tertiary/aromatic N) is 2. The average Bonchev–Trinajstić information content (AvgIpc) is 3.48. The first-order valence-corrected chi connectivity index (χ1v) is 11.4. The molecule has 0 amide bonds. The number of hydrogen-bond donors (Lipinski definition) is 4. The van der Waals surface area contributed by atoms with Crippen LogP contribution in [0.15, 0.2) is 35.1 Å². The van der Waals surface area contributed by atoms with Crippen molar-refractivity contribution in [1.29, 1.82) is 5.41 Å². The van der Waals surface area contributed by atoms with Crippen molar-refractivity contribution in [2.75, 3.05) is 26.2 Å². The van der Waals surface area contributed by atoms with E-state index in [1.54, 1.807) is 0 Å². The van der Waals surface area contributed by atoms with E-state index in [0.29, 0.717) is 32.3 Å². The lowest BCUT2D eigenvalue weighted by molar-refractivity contribution is -0.192. The first kappa shape index (κ1) is 27.5. The molecule has 0 bridgehead atoms. The third kappa shape index (κ3) is 6.64. The van der Waals surface area contributed by atoms with Gasteiger partial charge in [-0.3, -0.25) is 5.41 Å². The van der Waals surface area contributed by atoms with Crippen molar-refractivity contribution in [3.05, 3.63) is 30.2 Å². The number of ether oxygens (including phenoxy) is 1. The first-order valence-electron chi connectivity index (χ1n) is 9.98. The van der Waals surface area contributed by atoms with Crippen molar-refractivity contribution in [3.8, 4) is 5.88 Å². The van der Waals surface area contributed by atoms with Gasteiger partial charge in [0.05, 0.1) is 18.4 Å². The molecule has 10 nitrogen and oxygen atoms in total. The summed E-state index contributed by atoms with van der Waals surface area (Å²) >= 11 is 0. The molecule has 1 aromatic rings. The van der Waals surface area contributed by atoms with Gasteiger partial charge in [-0.2, -0.15) is 17.5 Å². The second kappa shape index (κ2) is 10.7. The maximum absolute atomic E-state index is 12.8. The highest BCUT2D eigenvalue weighted by atomic mass is 32.2. The van der Waals surface area contributed by atoms with Crippen molar-refractivity contribution in [3.63, 3.8) is 0 Å². The van der Waals surface area contributed by atoms with Gasteiger partial charge in [0.1, 0.15) is 11.5 Å². The molecule has 0 aromatic carbocycles. The molecule has 2 fully saturated rings. The minimum absolute atomic E-state index is 0.0123. The molecule has 6 N–H and O–H groups in total. The van der Waals surface area contributed by atoms with Gasteiger partial charge in [-0.25, -0.2) is 22.6 Å². The number of carboxylic acids is 1. The Hall–Kier alpha value is -2.78. The lowest BCUT2D eigenvalue weighted by Gasteiger charge is -2.32. The fraction of sp³-hybridized carbons (Fsp3) is 0.526. The van der Waals surface area contributed by atoms with Crippen LogP contribution >= 0.6 is 0 Å². The number of piperidine rings is 1. The standard InChI is InChI=1S/C17H24FN5O3S.C2HF3O2/c18-8-12(9-19)11-26-15-2-1-13(10-22-15)27(24,25)23-5-3-17(4-6-23)7-14(17)16(20)21;3-2(4,5)1(6)7/h1-2,8,10,14H,3-7,9,11,19H2,(H3,20,21);(H,6,7)/b12-8-;. The summed E-state index contributed by atoms with van der Waals surface area (Å²) in [5.41, 5.74) is 11.2. The minimum atomic E-state index is -5.08. The molecule has 1 aliphatic heterocycles. The van der Waals surface area contributed by atoms with Crippen LogP contribution < -0.4 is 16.2 Å². The van der Waals surface area contributed by atoms with E-state index in [1.807, 2.05) is 0 Å². The van der Waals surface area contributed by atoms with Crippen LogP contribution in [0.4, 0.5) is 17.6 Å². The Morgan fingerprint density at radius 3 is 2.32 bits per heavy atom. The van der Waals surface area contributed by atoms with Gasteiger partial charge >= 0.3 is 12.1 Å². The summed E-state index contributed by atoms with van der Waals surface area (Å²) in [6.07, 6.45) is -1.16. The molecule has 2 aliphatic rings. The molecule has 2 heterocycles. The zero-order chi connectivity index (χ0) is 25.7. The zero-order valence-corrected chi connectivity index (χ0v) is 18.7. The van der Waals surface area contributed by atoms with Crippen molar-refractivity contribution in [2.24, 2.45) is 22.8 Å². The summed E-state index contributed by atoms with van der Waals surface area (Å²) in [6.45, 7) is 0.804. The van der Waals surface area contributed by atoms with Crippen LogP contribution in [-0.4, -0.2) is 67.0 Å². The van der Waals surface area contributed by atoms with Gasteiger partial charge in [0.2, 0.25) is 15.9 Å². The van der Waals surface area contributed by atoms with Crippen molar-refractivity contribution >= 4 is 21.8 Å². The quantitative estimate of drug-likeness (QED) is 0.243. The van der Waals surface area contributed by atoms with Crippen LogP contribution in [0.1, 0.15) is 19.3 Å². The number of amidine groups is 1. The number of hydrogen-bond acceptors (Lipinski definition) is 7. The predicted molar refractivity (Wildman–Crippen MR) is 112 cm³/mol. The number of rotatable bonds is 7. The van der Waals surface area contributed by atoms with Gasteiger partial charge in [0.15, 0.2) is 0 Å². The van der Waals surface area contributed by atoms with Gasteiger partial charge in [0, 0.05) is 37.2 Å². The smallest absolute Gasteiger partial charge is 0.475 e. The number of alkyl halides is 3. The number of halogens is 4. The number of carboxylic acid groups (broad SMARTS) is 1. The van der Waals surface area contributed by atoms with Crippen LogP contribution in [0.3, 0.4) is 0 Å². The van der Waals surface area contributed by atoms with Crippen LogP contribution in [0.25, 0.3) is 0 Å². The minimum Gasteiger partial charge on any atom is -0.475 e. The first-order chi connectivity index (χ1) is 15.8. The number of aromatic nitrogens is 1. The highest BCUT2D eigenvalue weighted by Gasteiger charge is 2.57. The number of sulfonamides is 1. The summed E-state index contributed by atoms with van der Waals surface area (Å²) < 4.78 is 76.6. The monoisotopic (exact) mass is 511 g/mol. The lowest BCUT2D eigenvalue weighted by Crippen LogP contribution is -2.40. The number of aliphatic carboxylic acids is 1. The number of carbonyl (C=O) groups is 1. The molecular formula is C19H25F4N5O5S. The fourth-order valence-corrected chi connectivity index (χ4v) is 4.95. The summed E-state index contributed by atoms with van der Waals surface area (Å²) in [6, 6.07) is 2.87. The molecule has 1 unspecified atom stereocenters. The molecule has 1 atom stereocenters. The van der Waals surface area contributed by atoms with Crippen LogP contribution in [0.5, 0.6) is 5.88 Å². The van der Waals surface area contributed by atoms with Crippen LogP contribution in [0.2, 0.25) is 0 Å². The molecule has 1 saturated heterocycles. The van der Waals surface area contributed by atoms with E-state index in [0.717, 1.165) is 6.42 Å². The van der Waals surface area contributed by atoms with Gasteiger partial charge in [-0.05, 0) is 30.7 Å². The van der Waals surface area contributed by atoms with E-state index in [9.17, 15) is 26.0 Å². The SMILES string of the molecule is N=C(N)C1CC12CCN(S(=O)(=O)c1ccc(OC/C(=C\F)CN)nc1)CC2.O=C(O)C(F)(F)F. The molecule has 1 spiro atoms. The maximum Gasteiger partial charge on any atom is 0.490 e. The van der Waals surface area contributed by atoms with Gasteiger partial charge in [-0.1, -0.05) is 0 Å². The number of nitrogens with one attached hydrogen (secondary N) is 1. The Morgan fingerprint density at radius 1 is 1.35 bits per heavy atom. The Bertz CT molecular complexity index is 1020. The summed E-state index contributed by atoms with van der Waals surface area (Å²) in [4.78, 5) is 13.0. The van der Waals surface area contributed by atoms with E-state index >= 15 is 0 Å². The normalized spacial score (nSPS) is 20.3. The number of nitrogens with two attached hydrogens (primary N) is 2. The summed E-state index contributed by atoms with van der Waals surface area (Å²) in [5, 5.41) is 14.7. The highest BCUT2D eigenvalue weighted by molar-refractivity contribution is 7.89. The third-order valence-electron chi connectivity index (χ3n) is 5.69. The molecule has 1 aliphatic carbocycles. The van der Waals surface area contributed by atoms with Crippen molar-refractivity contribution in [1.82, 2.24) is 9.29 Å². The second-order valence-electron chi connectivity index (χ2n) is 7.87. The highest BCUT2D eigenvalue weighted by Crippen LogP contribution is 2.59. The zero-order valence-electron chi connectivity index (χ0n) is 17.9. The second-order valence-corrected chi connectivity index (χ2v) is 9.81. The Morgan fingerprint density at radius 2 is 1.94 bits per heavy atom. The molecule has 1 saturated carbocycles. The average molecular weight is 511 g/mol. The van der Waals surface area contributed by atoms with E-state index in [-0.39, 0.29) is 46.7 Å². The Balaban J connectivity index is 0.000000509. The Kier molecular flexibility index (Phi) is 8.60. The van der Waals surface area contributed by atoms with E-state index < -0.39 is 22.2 Å². The number of pyridine rings is 1. The molecular weight excluding hydrogens is 486 g/mol. The summed E-state index contributed by atoms with van der Waals surface area (Å²) in [5.74, 6) is -2.27. The molecule has 190 valence electrons. The molecule has 3 rings (SSSR count).